The second kappa shape index (κ2) is 9.87. The first kappa shape index (κ1) is 27.6. The van der Waals surface area contributed by atoms with Crippen molar-refractivity contribution in [3.63, 3.8) is 0 Å². The lowest BCUT2D eigenvalue weighted by Gasteiger charge is -2.21. The minimum Gasteiger partial charge on any atom is -0.496 e. The number of halogens is 4. The average Bonchev–Trinajstić information content (AvgIpc) is 3.60. The molecular weight excluding hydrogens is 546 g/mol. The Bertz CT molecular complexity index is 1730. The highest BCUT2D eigenvalue weighted by Gasteiger charge is 2.64. The molecule has 4 aromatic rings. The Morgan fingerprint density at radius 1 is 1.17 bits per heavy atom. The third-order valence-electron chi connectivity index (χ3n) is 6.83. The summed E-state index contributed by atoms with van der Waals surface area (Å²) in [6, 6.07) is 9.21. The zero-order valence-corrected chi connectivity index (χ0v) is 21.8. The van der Waals surface area contributed by atoms with Crippen LogP contribution in [0.25, 0.3) is 27.9 Å². The Labute approximate surface area is 230 Å². The van der Waals surface area contributed by atoms with Crippen LogP contribution >= 0.6 is 0 Å². The Morgan fingerprint density at radius 3 is 2.51 bits per heavy atom. The highest BCUT2D eigenvalue weighted by atomic mass is 19.4. The number of aryl methyl sites for hydroxylation is 1. The molecule has 41 heavy (non-hydrogen) atoms. The number of carbonyl (C=O) groups is 2. The number of nitrogens with two attached hydrogens (primary N) is 1. The smallest absolute Gasteiger partial charge is 0.411 e. The summed E-state index contributed by atoms with van der Waals surface area (Å²) in [7, 11) is 1.30. The van der Waals surface area contributed by atoms with E-state index in [0.29, 0.717) is 39.2 Å². The molecule has 0 unspecified atom stereocenters. The number of ether oxygens (including phenoxy) is 1. The quantitative estimate of drug-likeness (QED) is 0.219. The Kier molecular flexibility index (Phi) is 6.63. The second-order valence-electron chi connectivity index (χ2n) is 9.54. The fourth-order valence-electron chi connectivity index (χ4n) is 4.51. The lowest BCUT2D eigenvalue weighted by atomic mass is 9.95. The van der Waals surface area contributed by atoms with Crippen molar-refractivity contribution in [2.45, 2.75) is 31.5 Å². The van der Waals surface area contributed by atoms with Gasteiger partial charge < -0.3 is 21.1 Å². The molecule has 0 atom stereocenters. The molecule has 2 aromatic carbocycles. The van der Waals surface area contributed by atoms with Gasteiger partial charge in [-0.05, 0) is 55.2 Å². The average molecular weight is 570 g/mol. The van der Waals surface area contributed by atoms with Crippen LogP contribution < -0.4 is 21.1 Å². The van der Waals surface area contributed by atoms with E-state index in [2.05, 4.69) is 32.4 Å². The van der Waals surface area contributed by atoms with Crippen LogP contribution in [0.1, 0.15) is 28.8 Å². The molecule has 1 saturated carbocycles. The summed E-state index contributed by atoms with van der Waals surface area (Å²) >= 11 is 0. The first-order chi connectivity index (χ1) is 19.3. The summed E-state index contributed by atoms with van der Waals surface area (Å²) in [6.07, 6.45) is -3.74. The standard InChI is InChI=1S/C27H23F4N7O3/c1-13-10-16(35-24(39)14(2)28)5-7-17(13)21-20(22-23(32)33-12-34-38(22)37-21)15-4-6-18(19(11-15)41-3)25(40)36-26(8-9-26)27(29,30)31/h4-7,10-12H,2,8-9H2,1,3H3,(H,35,39)(H,36,40)(H2,32,33,34). The van der Waals surface area contributed by atoms with E-state index in [1.807, 2.05) is 0 Å². The van der Waals surface area contributed by atoms with Gasteiger partial charge in [0.1, 0.15) is 28.8 Å². The summed E-state index contributed by atoms with van der Waals surface area (Å²) in [5, 5.41) is 13.2. The number of carbonyl (C=O) groups excluding carboxylic acids is 2. The molecule has 1 aliphatic rings. The number of hydrogen-bond acceptors (Lipinski definition) is 7. The molecule has 0 saturated heterocycles. The van der Waals surface area contributed by atoms with E-state index in [1.54, 1.807) is 25.1 Å². The van der Waals surface area contributed by atoms with Crippen LogP contribution in [0.5, 0.6) is 5.75 Å². The third kappa shape index (κ3) is 4.92. The van der Waals surface area contributed by atoms with Crippen LogP contribution in [-0.4, -0.2) is 50.5 Å². The molecule has 0 spiro atoms. The van der Waals surface area contributed by atoms with E-state index in [0.717, 1.165) is 0 Å². The molecule has 0 bridgehead atoms. The third-order valence-corrected chi connectivity index (χ3v) is 6.83. The van der Waals surface area contributed by atoms with E-state index in [9.17, 15) is 27.2 Å². The fourth-order valence-corrected chi connectivity index (χ4v) is 4.51. The number of alkyl halides is 3. The van der Waals surface area contributed by atoms with Crippen LogP contribution in [0.3, 0.4) is 0 Å². The molecule has 5 rings (SSSR count). The van der Waals surface area contributed by atoms with Crippen molar-refractivity contribution >= 4 is 28.8 Å². The van der Waals surface area contributed by atoms with E-state index in [-0.39, 0.29) is 30.0 Å². The largest absolute Gasteiger partial charge is 0.496 e. The molecular formula is C27H23F4N7O3. The number of methoxy groups -OCH3 is 1. The summed E-state index contributed by atoms with van der Waals surface area (Å²) < 4.78 is 60.1. The van der Waals surface area contributed by atoms with Crippen LogP contribution in [0, 0.1) is 6.92 Å². The number of anilines is 2. The minimum absolute atomic E-state index is 0.0277. The number of fused-ring (bicyclic) bond motifs is 1. The van der Waals surface area contributed by atoms with Gasteiger partial charge in [0.25, 0.3) is 11.8 Å². The van der Waals surface area contributed by atoms with Crippen molar-refractivity contribution in [3.05, 3.63) is 66.3 Å². The van der Waals surface area contributed by atoms with Crippen LogP contribution in [-0.2, 0) is 4.79 Å². The first-order valence-corrected chi connectivity index (χ1v) is 12.2. The molecule has 10 nitrogen and oxygen atoms in total. The lowest BCUT2D eigenvalue weighted by Crippen LogP contribution is -2.47. The lowest BCUT2D eigenvalue weighted by molar-refractivity contribution is -0.163. The van der Waals surface area contributed by atoms with Gasteiger partial charge in [-0.2, -0.15) is 13.2 Å². The van der Waals surface area contributed by atoms with Gasteiger partial charge in [0.15, 0.2) is 11.6 Å². The molecule has 0 aliphatic heterocycles. The van der Waals surface area contributed by atoms with E-state index in [4.69, 9.17) is 10.5 Å². The van der Waals surface area contributed by atoms with Crippen LogP contribution in [0.2, 0.25) is 0 Å². The van der Waals surface area contributed by atoms with Crippen molar-refractivity contribution in [3.8, 4) is 28.1 Å². The molecule has 1 fully saturated rings. The molecule has 0 radical (unpaired) electrons. The van der Waals surface area contributed by atoms with Gasteiger partial charge in [-0.1, -0.05) is 18.7 Å². The van der Waals surface area contributed by atoms with Crippen molar-refractivity contribution < 1.29 is 31.9 Å². The van der Waals surface area contributed by atoms with Gasteiger partial charge in [-0.3, -0.25) is 9.59 Å². The van der Waals surface area contributed by atoms with E-state index >= 15 is 0 Å². The predicted molar refractivity (Wildman–Crippen MR) is 142 cm³/mol. The van der Waals surface area contributed by atoms with Crippen LogP contribution in [0.15, 0.2) is 55.1 Å². The number of aromatic nitrogens is 4. The maximum absolute atomic E-state index is 13.4. The highest BCUT2D eigenvalue weighted by molar-refractivity contribution is 6.03. The zero-order valence-electron chi connectivity index (χ0n) is 21.8. The molecule has 2 amide bonds. The summed E-state index contributed by atoms with van der Waals surface area (Å²) in [5.74, 6) is -2.92. The molecule has 4 N–H and O–H groups in total. The molecule has 1 aliphatic carbocycles. The molecule has 2 aromatic heterocycles. The molecule has 2 heterocycles. The zero-order chi connectivity index (χ0) is 29.7. The topological polar surface area (TPSA) is 137 Å². The SMILES string of the molecule is C=C(F)C(=O)Nc1ccc(-c2nn3ncnc(N)c3c2-c2ccc(C(=O)NC3(C(F)(F)F)CC3)c(OC)c2)c(C)c1. The van der Waals surface area contributed by atoms with Gasteiger partial charge in [-0.25, -0.2) is 9.37 Å². The molecule has 212 valence electrons. The number of rotatable bonds is 7. The monoisotopic (exact) mass is 569 g/mol. The summed E-state index contributed by atoms with van der Waals surface area (Å²) in [6.45, 7) is 4.73. The summed E-state index contributed by atoms with van der Waals surface area (Å²) in [4.78, 5) is 28.6. The van der Waals surface area contributed by atoms with Gasteiger partial charge in [0, 0.05) is 16.8 Å². The maximum atomic E-state index is 13.4. The number of nitrogen functional groups attached to an aromatic ring is 1. The first-order valence-electron chi connectivity index (χ1n) is 12.2. The Hall–Kier alpha value is -5.01. The van der Waals surface area contributed by atoms with Gasteiger partial charge >= 0.3 is 6.18 Å². The summed E-state index contributed by atoms with van der Waals surface area (Å²) in [5.41, 5.74) is 7.09. The highest BCUT2D eigenvalue weighted by Crippen LogP contribution is 2.49. The Balaban J connectivity index is 1.60. The van der Waals surface area contributed by atoms with E-state index < -0.39 is 29.4 Å². The fraction of sp³-hybridized carbons (Fsp3) is 0.222. The Morgan fingerprint density at radius 2 is 1.90 bits per heavy atom. The normalized spacial score (nSPS) is 14.0. The predicted octanol–water partition coefficient (Wildman–Crippen LogP) is 4.60. The number of benzene rings is 2. The van der Waals surface area contributed by atoms with Gasteiger partial charge in [0.05, 0.1) is 12.7 Å². The molecule has 14 heteroatoms. The maximum Gasteiger partial charge on any atom is 0.411 e. The number of nitrogens with zero attached hydrogens (tertiary/aromatic N) is 4. The number of nitrogens with one attached hydrogen (secondary N) is 2. The van der Waals surface area contributed by atoms with E-state index in [1.165, 1.54) is 36.3 Å². The van der Waals surface area contributed by atoms with Crippen molar-refractivity contribution in [2.75, 3.05) is 18.2 Å². The van der Waals surface area contributed by atoms with Crippen molar-refractivity contribution in [2.24, 2.45) is 0 Å². The second-order valence-corrected chi connectivity index (χ2v) is 9.54. The number of hydrogen-bond donors (Lipinski definition) is 3. The van der Waals surface area contributed by atoms with Gasteiger partial charge in [0.2, 0.25) is 0 Å². The van der Waals surface area contributed by atoms with Crippen molar-refractivity contribution in [1.29, 1.82) is 0 Å². The minimum atomic E-state index is -4.57. The van der Waals surface area contributed by atoms with Crippen molar-refractivity contribution in [1.82, 2.24) is 25.1 Å². The van der Waals surface area contributed by atoms with Crippen LogP contribution in [0.4, 0.5) is 29.1 Å². The number of amides is 2. The van der Waals surface area contributed by atoms with Gasteiger partial charge in [-0.15, -0.1) is 14.8 Å².